The van der Waals surface area contributed by atoms with Crippen LogP contribution in [0.5, 0.6) is 0 Å². The molecule has 0 radical (unpaired) electrons. The van der Waals surface area contributed by atoms with Crippen molar-refractivity contribution in [2.75, 3.05) is 23.3 Å². The summed E-state index contributed by atoms with van der Waals surface area (Å²) in [6.07, 6.45) is 3.15. The summed E-state index contributed by atoms with van der Waals surface area (Å²) in [5.74, 6) is 0.0299. The molecule has 0 bridgehead atoms. The normalized spacial score (nSPS) is 13.8. The largest absolute Gasteiger partial charge is 0.366 e. The quantitative estimate of drug-likeness (QED) is 0.258. The maximum atomic E-state index is 13.1. The minimum atomic E-state index is -0.413. The summed E-state index contributed by atoms with van der Waals surface area (Å²) < 4.78 is 0. The van der Waals surface area contributed by atoms with Crippen LogP contribution in [-0.4, -0.2) is 38.9 Å². The number of rotatable bonds is 6. The Kier molecular flexibility index (Phi) is 6.60. The van der Waals surface area contributed by atoms with Crippen LogP contribution in [0.4, 0.5) is 17.1 Å². The lowest BCUT2D eigenvalue weighted by atomic mass is 10.0. The highest BCUT2D eigenvalue weighted by atomic mass is 16.6. The molecular weight excluding hydrogens is 468 g/mol. The molecule has 0 aliphatic carbocycles. The maximum absolute atomic E-state index is 13.1. The van der Waals surface area contributed by atoms with Crippen LogP contribution in [0.3, 0.4) is 0 Å². The fraction of sp³-hybridized carbons (Fsp3) is 0.321. The lowest BCUT2D eigenvalue weighted by molar-refractivity contribution is -0.384. The standard InChI is InChI=1S/C28H30N6O3/c1-18(2)20-7-10-22(11-8-20)33-30-24-15-19(3)23(17-25(24)31-33)29-28(35)21-9-12-26(27(16-21)34(36)37)32-13-5-4-6-14-32/h7-12,15-18H,4-6,13-14H2,1-3H3,(H,29,35). The minimum absolute atomic E-state index is 0.0480. The second-order valence-corrected chi connectivity index (χ2v) is 9.85. The number of anilines is 2. The van der Waals surface area contributed by atoms with E-state index in [-0.39, 0.29) is 11.3 Å². The summed E-state index contributed by atoms with van der Waals surface area (Å²) >= 11 is 0. The molecule has 4 aromatic rings. The average molecular weight is 499 g/mol. The van der Waals surface area contributed by atoms with Gasteiger partial charge in [0.05, 0.1) is 10.6 Å². The third-order valence-corrected chi connectivity index (χ3v) is 6.90. The number of amides is 1. The summed E-state index contributed by atoms with van der Waals surface area (Å²) in [6.45, 7) is 7.75. The number of aromatic nitrogens is 3. The Morgan fingerprint density at radius 2 is 1.65 bits per heavy atom. The van der Waals surface area contributed by atoms with Crippen molar-refractivity contribution in [2.45, 2.75) is 46.0 Å². The molecule has 190 valence electrons. The van der Waals surface area contributed by atoms with E-state index in [1.807, 2.05) is 30.0 Å². The van der Waals surface area contributed by atoms with Gasteiger partial charge >= 0.3 is 0 Å². The van der Waals surface area contributed by atoms with Gasteiger partial charge in [0.25, 0.3) is 11.6 Å². The van der Waals surface area contributed by atoms with Crippen molar-refractivity contribution in [3.05, 3.63) is 81.4 Å². The van der Waals surface area contributed by atoms with Crippen LogP contribution in [0.2, 0.25) is 0 Å². The molecule has 1 aliphatic heterocycles. The number of hydrogen-bond acceptors (Lipinski definition) is 6. The van der Waals surface area contributed by atoms with E-state index in [0.717, 1.165) is 43.6 Å². The van der Waals surface area contributed by atoms with Crippen molar-refractivity contribution in [2.24, 2.45) is 0 Å². The first-order valence-corrected chi connectivity index (χ1v) is 12.6. The lowest BCUT2D eigenvalue weighted by Gasteiger charge is -2.28. The van der Waals surface area contributed by atoms with Gasteiger partial charge in [-0.05, 0) is 79.6 Å². The number of carbonyl (C=O) groups excluding carboxylic acids is 1. The molecule has 9 nitrogen and oxygen atoms in total. The average Bonchev–Trinajstić information content (AvgIpc) is 3.31. The van der Waals surface area contributed by atoms with E-state index in [0.29, 0.717) is 28.3 Å². The summed E-state index contributed by atoms with van der Waals surface area (Å²) in [7, 11) is 0. The fourth-order valence-corrected chi connectivity index (χ4v) is 4.72. The third kappa shape index (κ3) is 5.02. The smallest absolute Gasteiger partial charge is 0.293 e. The molecule has 3 aromatic carbocycles. The first-order valence-electron chi connectivity index (χ1n) is 12.6. The number of nitro groups is 1. The number of fused-ring (bicyclic) bond motifs is 1. The van der Waals surface area contributed by atoms with Gasteiger partial charge in [-0.15, -0.1) is 10.2 Å². The second-order valence-electron chi connectivity index (χ2n) is 9.85. The van der Waals surface area contributed by atoms with Gasteiger partial charge in [-0.25, -0.2) is 0 Å². The zero-order valence-corrected chi connectivity index (χ0v) is 21.3. The monoisotopic (exact) mass is 498 g/mol. The molecule has 1 aromatic heterocycles. The van der Waals surface area contributed by atoms with Crippen LogP contribution in [0.15, 0.2) is 54.6 Å². The van der Waals surface area contributed by atoms with Gasteiger partial charge in [-0.1, -0.05) is 26.0 Å². The number of nitro benzene ring substituents is 1. The predicted molar refractivity (Wildman–Crippen MR) is 145 cm³/mol. The molecule has 1 amide bonds. The van der Waals surface area contributed by atoms with Crippen molar-refractivity contribution in [1.82, 2.24) is 15.0 Å². The molecule has 1 aliphatic rings. The third-order valence-electron chi connectivity index (χ3n) is 6.90. The number of nitrogens with zero attached hydrogens (tertiary/aromatic N) is 5. The summed E-state index contributed by atoms with van der Waals surface area (Å²) in [5.41, 5.74) is 5.61. The number of aryl methyl sites for hydroxylation is 1. The van der Waals surface area contributed by atoms with Gasteiger partial charge in [0.2, 0.25) is 0 Å². The molecule has 2 heterocycles. The molecule has 1 fully saturated rings. The Morgan fingerprint density at radius 3 is 2.30 bits per heavy atom. The van der Waals surface area contributed by atoms with Crippen molar-refractivity contribution in [1.29, 1.82) is 0 Å². The molecule has 1 saturated heterocycles. The van der Waals surface area contributed by atoms with Crippen molar-refractivity contribution in [3.63, 3.8) is 0 Å². The highest BCUT2D eigenvalue weighted by Crippen LogP contribution is 2.32. The molecule has 9 heteroatoms. The first kappa shape index (κ1) is 24.4. The highest BCUT2D eigenvalue weighted by Gasteiger charge is 2.23. The van der Waals surface area contributed by atoms with Gasteiger partial charge in [0, 0.05) is 30.4 Å². The molecule has 0 atom stereocenters. The maximum Gasteiger partial charge on any atom is 0.293 e. The Labute approximate surface area is 215 Å². The molecule has 1 N–H and O–H groups in total. The van der Waals surface area contributed by atoms with Crippen LogP contribution in [0.25, 0.3) is 16.7 Å². The topological polar surface area (TPSA) is 106 Å². The first-order chi connectivity index (χ1) is 17.8. The van der Waals surface area contributed by atoms with E-state index in [4.69, 9.17) is 0 Å². The summed E-state index contributed by atoms with van der Waals surface area (Å²) in [6, 6.07) is 16.5. The van der Waals surface area contributed by atoms with E-state index in [2.05, 4.69) is 41.5 Å². The van der Waals surface area contributed by atoms with E-state index in [9.17, 15) is 14.9 Å². The van der Waals surface area contributed by atoms with Crippen LogP contribution < -0.4 is 10.2 Å². The fourth-order valence-electron chi connectivity index (χ4n) is 4.72. The van der Waals surface area contributed by atoms with Crippen LogP contribution >= 0.6 is 0 Å². The summed E-state index contributed by atoms with van der Waals surface area (Å²) in [5, 5.41) is 23.9. The Morgan fingerprint density at radius 1 is 0.973 bits per heavy atom. The van der Waals surface area contributed by atoms with E-state index in [1.165, 1.54) is 11.6 Å². The molecule has 37 heavy (non-hydrogen) atoms. The number of piperidine rings is 1. The number of hydrogen-bond donors (Lipinski definition) is 1. The van der Waals surface area contributed by atoms with Gasteiger partial charge in [0.15, 0.2) is 0 Å². The van der Waals surface area contributed by atoms with E-state index >= 15 is 0 Å². The van der Waals surface area contributed by atoms with Crippen molar-refractivity contribution >= 4 is 34.0 Å². The zero-order chi connectivity index (χ0) is 26.1. The van der Waals surface area contributed by atoms with Gasteiger partial charge < -0.3 is 10.2 Å². The molecule has 0 unspecified atom stereocenters. The SMILES string of the molecule is Cc1cc2nn(-c3ccc(C(C)C)cc3)nc2cc1NC(=O)c1ccc(N2CCCCC2)c([N+](=O)[O-])c1. The number of nitrogens with one attached hydrogen (secondary N) is 1. The zero-order valence-electron chi connectivity index (χ0n) is 21.3. The van der Waals surface area contributed by atoms with Crippen LogP contribution in [-0.2, 0) is 0 Å². The number of benzene rings is 3. The molecule has 0 saturated carbocycles. The predicted octanol–water partition coefficient (Wildman–Crippen LogP) is 6.00. The van der Waals surface area contributed by atoms with Gasteiger partial charge in [0.1, 0.15) is 16.7 Å². The van der Waals surface area contributed by atoms with Crippen LogP contribution in [0, 0.1) is 17.0 Å². The second kappa shape index (κ2) is 10.0. The van der Waals surface area contributed by atoms with Crippen molar-refractivity contribution in [3.8, 4) is 5.69 Å². The van der Waals surface area contributed by atoms with E-state index < -0.39 is 10.8 Å². The molecular formula is C28H30N6O3. The summed E-state index contributed by atoms with van der Waals surface area (Å²) in [4.78, 5) is 28.1. The van der Waals surface area contributed by atoms with Crippen LogP contribution in [0.1, 0.15) is 60.5 Å². The Bertz CT molecular complexity index is 1470. The lowest BCUT2D eigenvalue weighted by Crippen LogP contribution is -2.30. The van der Waals surface area contributed by atoms with Gasteiger partial charge in [-0.2, -0.15) is 4.80 Å². The Balaban J connectivity index is 1.40. The molecule has 0 spiro atoms. The van der Waals surface area contributed by atoms with Crippen molar-refractivity contribution < 1.29 is 9.72 Å². The Hall–Kier alpha value is -4.27. The molecule has 5 rings (SSSR count). The van der Waals surface area contributed by atoms with Gasteiger partial charge in [-0.3, -0.25) is 14.9 Å². The highest BCUT2D eigenvalue weighted by molar-refractivity contribution is 6.06. The number of carbonyl (C=O) groups is 1. The minimum Gasteiger partial charge on any atom is -0.366 e. The van der Waals surface area contributed by atoms with E-state index in [1.54, 1.807) is 23.0 Å².